The third-order valence-electron chi connectivity index (χ3n) is 6.84. The molecular formula is C32H34BrN5O3S. The Balaban J connectivity index is 1.51. The number of rotatable bonds is 11. The van der Waals surface area contributed by atoms with E-state index >= 15 is 0 Å². The Bertz CT molecular complexity index is 1610. The topological polar surface area (TPSA) is 90.3 Å². The average Bonchev–Trinajstić information content (AvgIpc) is 3.38. The number of aryl methyl sites for hydroxylation is 1. The van der Waals surface area contributed by atoms with Crippen LogP contribution in [0.1, 0.15) is 43.0 Å². The van der Waals surface area contributed by atoms with Gasteiger partial charge in [-0.3, -0.25) is 4.79 Å². The van der Waals surface area contributed by atoms with E-state index in [9.17, 15) is 4.79 Å². The van der Waals surface area contributed by atoms with Gasteiger partial charge in [-0.1, -0.05) is 61.2 Å². The maximum Gasteiger partial charge on any atom is 0.255 e. The molecule has 1 unspecified atom stereocenters. The van der Waals surface area contributed by atoms with Crippen molar-refractivity contribution in [1.29, 1.82) is 0 Å². The Hall–Kier alpha value is -3.76. The van der Waals surface area contributed by atoms with Crippen molar-refractivity contribution in [2.45, 2.75) is 44.8 Å². The summed E-state index contributed by atoms with van der Waals surface area (Å²) < 4.78 is 14.5. The monoisotopic (exact) mass is 647 g/mol. The van der Waals surface area contributed by atoms with Gasteiger partial charge in [0.05, 0.1) is 23.8 Å². The summed E-state index contributed by atoms with van der Waals surface area (Å²) in [4.78, 5) is 18.6. The number of fused-ring (bicyclic) bond motifs is 1. The lowest BCUT2D eigenvalue weighted by Crippen LogP contribution is -2.31. The quantitative estimate of drug-likeness (QED) is 0.164. The Morgan fingerprint density at radius 2 is 1.93 bits per heavy atom. The number of carbonyl (C=O) groups excluding carboxylic acids is 1. The zero-order chi connectivity index (χ0) is 29.6. The van der Waals surface area contributed by atoms with E-state index in [2.05, 4.69) is 45.6 Å². The van der Waals surface area contributed by atoms with E-state index in [0.717, 1.165) is 39.9 Å². The second-order valence-electron chi connectivity index (χ2n) is 10.0. The second-order valence-corrected chi connectivity index (χ2v) is 11.9. The van der Waals surface area contributed by atoms with Gasteiger partial charge in [0.25, 0.3) is 5.91 Å². The predicted octanol–water partition coefficient (Wildman–Crippen LogP) is 7.41. The predicted molar refractivity (Wildman–Crippen MR) is 172 cm³/mol. The highest BCUT2D eigenvalue weighted by molar-refractivity contribution is 9.10. The first kappa shape index (κ1) is 29.7. The van der Waals surface area contributed by atoms with Gasteiger partial charge in [-0.2, -0.15) is 4.98 Å². The zero-order valence-corrected chi connectivity index (χ0v) is 26.5. The van der Waals surface area contributed by atoms with Crippen LogP contribution in [0.3, 0.4) is 0 Å². The lowest BCUT2D eigenvalue weighted by molar-refractivity contribution is -0.113. The van der Waals surface area contributed by atoms with Gasteiger partial charge in [0, 0.05) is 23.6 Å². The molecule has 0 saturated carbocycles. The number of hydrogen-bond donors (Lipinski definition) is 2. The van der Waals surface area contributed by atoms with E-state index in [-0.39, 0.29) is 5.91 Å². The number of hydrogen-bond acceptors (Lipinski definition) is 7. The fraction of sp³-hybridized carbons (Fsp3) is 0.281. The molecule has 0 radical (unpaired) electrons. The van der Waals surface area contributed by atoms with Gasteiger partial charge < -0.3 is 20.1 Å². The van der Waals surface area contributed by atoms with Crippen molar-refractivity contribution >= 4 is 45.2 Å². The molecular weight excluding hydrogens is 614 g/mol. The molecule has 5 rings (SSSR count). The van der Waals surface area contributed by atoms with Crippen LogP contribution in [0.4, 0.5) is 11.6 Å². The summed E-state index contributed by atoms with van der Waals surface area (Å²) >= 11 is 5.31. The third-order valence-corrected chi connectivity index (χ3v) is 8.47. The van der Waals surface area contributed by atoms with Gasteiger partial charge in [0.15, 0.2) is 11.5 Å². The highest BCUT2D eigenvalue weighted by Crippen LogP contribution is 2.43. The number of ether oxygens (including phenoxy) is 2. The minimum Gasteiger partial charge on any atom is -0.493 e. The van der Waals surface area contributed by atoms with Crippen molar-refractivity contribution < 1.29 is 14.3 Å². The lowest BCUT2D eigenvalue weighted by atomic mass is 9.94. The number of allylic oxidation sites excluding steroid dienone is 1. The van der Waals surface area contributed by atoms with E-state index in [0.29, 0.717) is 40.5 Å². The van der Waals surface area contributed by atoms with Gasteiger partial charge in [-0.05, 0) is 77.2 Å². The average molecular weight is 649 g/mol. The first-order chi connectivity index (χ1) is 20.4. The molecule has 42 heavy (non-hydrogen) atoms. The molecule has 4 aromatic rings. The molecule has 0 aliphatic carbocycles. The van der Waals surface area contributed by atoms with Crippen LogP contribution in [0, 0.1) is 6.92 Å². The first-order valence-corrected chi connectivity index (χ1v) is 15.6. The van der Waals surface area contributed by atoms with Crippen LogP contribution in [-0.4, -0.2) is 40.1 Å². The zero-order valence-electron chi connectivity index (χ0n) is 24.1. The summed E-state index contributed by atoms with van der Waals surface area (Å²) in [5, 5.41) is 11.9. The van der Waals surface area contributed by atoms with Crippen molar-refractivity contribution in [2.24, 2.45) is 0 Å². The summed E-state index contributed by atoms with van der Waals surface area (Å²) in [6.45, 7) is 6.50. The van der Waals surface area contributed by atoms with Gasteiger partial charge in [0.2, 0.25) is 11.1 Å². The number of anilines is 2. The van der Waals surface area contributed by atoms with Crippen LogP contribution in [-0.2, 0) is 11.2 Å². The number of benzene rings is 3. The van der Waals surface area contributed by atoms with Crippen LogP contribution < -0.4 is 20.1 Å². The van der Waals surface area contributed by atoms with Crippen LogP contribution in [0.15, 0.2) is 87.6 Å². The Kier molecular flexibility index (Phi) is 9.54. The lowest BCUT2D eigenvalue weighted by Gasteiger charge is -2.29. The number of nitrogens with zero attached hydrogens (tertiary/aromatic N) is 3. The summed E-state index contributed by atoms with van der Waals surface area (Å²) in [5.41, 5.74) is 5.03. The van der Waals surface area contributed by atoms with Crippen LogP contribution >= 0.6 is 27.7 Å². The molecule has 0 bridgehead atoms. The normalized spacial score (nSPS) is 14.3. The van der Waals surface area contributed by atoms with Gasteiger partial charge in [-0.15, -0.1) is 5.10 Å². The second kappa shape index (κ2) is 13.5. The minimum atomic E-state index is -0.557. The molecule has 2 N–H and O–H groups in total. The van der Waals surface area contributed by atoms with Gasteiger partial charge >= 0.3 is 0 Å². The Morgan fingerprint density at radius 1 is 1.12 bits per heavy atom. The fourth-order valence-electron chi connectivity index (χ4n) is 4.86. The highest BCUT2D eigenvalue weighted by atomic mass is 79.9. The number of amides is 1. The van der Waals surface area contributed by atoms with Crippen LogP contribution in [0.25, 0.3) is 0 Å². The Labute approximate surface area is 259 Å². The summed E-state index contributed by atoms with van der Waals surface area (Å²) in [5.74, 6) is 2.43. The largest absolute Gasteiger partial charge is 0.493 e. The van der Waals surface area contributed by atoms with E-state index in [1.807, 2.05) is 68.4 Å². The molecule has 1 amide bonds. The smallest absolute Gasteiger partial charge is 0.255 e. The number of nitrogens with one attached hydrogen (secondary N) is 2. The fourth-order valence-corrected chi connectivity index (χ4v) is 6.12. The Morgan fingerprint density at radius 3 is 2.67 bits per heavy atom. The van der Waals surface area contributed by atoms with E-state index < -0.39 is 6.04 Å². The molecule has 1 aromatic heterocycles. The molecule has 3 aromatic carbocycles. The summed E-state index contributed by atoms with van der Waals surface area (Å²) in [6.07, 6.45) is 1.76. The van der Waals surface area contributed by atoms with Crippen LogP contribution in [0.2, 0.25) is 0 Å². The highest BCUT2D eigenvalue weighted by Gasteiger charge is 2.35. The minimum absolute atomic E-state index is 0.224. The number of carbonyl (C=O) groups is 1. The molecule has 1 aliphatic heterocycles. The summed E-state index contributed by atoms with van der Waals surface area (Å²) in [6, 6.07) is 21.3. The van der Waals surface area contributed by atoms with Crippen molar-refractivity contribution in [3.05, 3.63) is 99.2 Å². The van der Waals surface area contributed by atoms with Crippen molar-refractivity contribution in [2.75, 3.05) is 30.1 Å². The molecule has 2 heterocycles. The number of halogens is 1. The maximum absolute atomic E-state index is 13.9. The number of aromatic nitrogens is 3. The van der Waals surface area contributed by atoms with E-state index in [1.54, 1.807) is 23.6 Å². The molecule has 218 valence electrons. The molecule has 1 atom stereocenters. The van der Waals surface area contributed by atoms with Crippen molar-refractivity contribution in [3.8, 4) is 11.5 Å². The molecule has 10 heteroatoms. The van der Waals surface area contributed by atoms with Crippen molar-refractivity contribution in [3.63, 3.8) is 0 Å². The molecule has 0 fully saturated rings. The van der Waals surface area contributed by atoms with Gasteiger partial charge in [0.1, 0.15) is 6.04 Å². The number of methoxy groups -OCH3 is 1. The van der Waals surface area contributed by atoms with Crippen LogP contribution in [0.5, 0.6) is 11.5 Å². The molecule has 0 saturated heterocycles. The van der Waals surface area contributed by atoms with Crippen molar-refractivity contribution in [1.82, 2.24) is 14.8 Å². The van der Waals surface area contributed by atoms with Gasteiger partial charge in [-0.25, -0.2) is 4.68 Å². The third kappa shape index (κ3) is 6.65. The SMILES string of the molecule is CCCSc1nc2n(n1)C(c1cc(Br)c(OCCc3ccccc3)c(OC)c1)C(C(=O)Nc1cccc(C)c1)=C(C)N2. The standard InChI is InChI=1S/C32H34BrN5O3S/c1-5-16-42-32-36-31-34-21(3)27(30(39)35-24-13-9-10-20(2)17-24)28(38(31)37-32)23-18-25(33)29(26(19-23)40-4)41-15-14-22-11-7-6-8-12-22/h6-13,17-19,28H,5,14-16H2,1-4H3,(H,35,39)(H,34,36,37). The van der Waals surface area contributed by atoms with E-state index in [1.165, 1.54) is 5.56 Å². The first-order valence-electron chi connectivity index (χ1n) is 13.9. The molecule has 8 nitrogen and oxygen atoms in total. The molecule has 0 spiro atoms. The molecule has 1 aliphatic rings. The number of thioether (sulfide) groups is 1. The van der Waals surface area contributed by atoms with E-state index in [4.69, 9.17) is 19.6 Å². The summed E-state index contributed by atoms with van der Waals surface area (Å²) in [7, 11) is 1.62. The maximum atomic E-state index is 13.9.